The molecular weight excluding hydrogens is 554 g/mol. The van der Waals surface area contributed by atoms with E-state index in [0.717, 1.165) is 26.7 Å². The third-order valence-electron chi connectivity index (χ3n) is 9.71. The Morgan fingerprint density at radius 3 is 1.43 bits per heavy atom. The SMILES string of the molecule is CC1(C)c2cc(Br)c(-c3cccc(-c4nc(-c5ccccc5)nc(-c5ccccc5)n4)c3)cc2C(C)(C)C1(C)C. The Kier molecular flexibility index (Phi) is 6.30. The third-order valence-corrected chi connectivity index (χ3v) is 10.4. The Hall–Kier alpha value is -3.63. The molecule has 0 radical (unpaired) electrons. The van der Waals surface area contributed by atoms with E-state index >= 15 is 0 Å². The van der Waals surface area contributed by atoms with Crippen LogP contribution in [0.5, 0.6) is 0 Å². The summed E-state index contributed by atoms with van der Waals surface area (Å²) in [6, 6.07) is 33.5. The van der Waals surface area contributed by atoms with Crippen LogP contribution in [0.15, 0.2) is 102 Å². The van der Waals surface area contributed by atoms with Crippen molar-refractivity contribution in [2.45, 2.75) is 52.4 Å². The van der Waals surface area contributed by atoms with Gasteiger partial charge in [-0.3, -0.25) is 0 Å². The minimum absolute atomic E-state index is 0.0300. The molecule has 1 aliphatic carbocycles. The first-order valence-electron chi connectivity index (χ1n) is 13.8. The molecule has 0 N–H and O–H groups in total. The van der Waals surface area contributed by atoms with Crippen LogP contribution >= 0.6 is 15.9 Å². The van der Waals surface area contributed by atoms with Crippen molar-refractivity contribution in [1.82, 2.24) is 15.0 Å². The summed E-state index contributed by atoms with van der Waals surface area (Å²) >= 11 is 3.94. The summed E-state index contributed by atoms with van der Waals surface area (Å²) in [6.45, 7) is 14.3. The minimum Gasteiger partial charge on any atom is -0.208 e. The van der Waals surface area contributed by atoms with E-state index < -0.39 is 0 Å². The van der Waals surface area contributed by atoms with Crippen LogP contribution in [0.3, 0.4) is 0 Å². The number of halogens is 1. The van der Waals surface area contributed by atoms with Gasteiger partial charge in [0.25, 0.3) is 0 Å². The van der Waals surface area contributed by atoms with Crippen molar-refractivity contribution in [2.24, 2.45) is 5.41 Å². The van der Waals surface area contributed by atoms with E-state index in [0.29, 0.717) is 17.5 Å². The van der Waals surface area contributed by atoms with E-state index in [1.807, 2.05) is 60.7 Å². The van der Waals surface area contributed by atoms with Crippen LogP contribution in [0.1, 0.15) is 52.7 Å². The van der Waals surface area contributed by atoms with Crippen LogP contribution in [0.25, 0.3) is 45.3 Å². The average Bonchev–Trinajstić information content (AvgIpc) is 3.07. The van der Waals surface area contributed by atoms with Crippen LogP contribution in [-0.4, -0.2) is 15.0 Å². The lowest BCUT2D eigenvalue weighted by atomic mass is 9.59. The van der Waals surface area contributed by atoms with Gasteiger partial charge in [-0.1, -0.05) is 136 Å². The number of benzene rings is 4. The lowest BCUT2D eigenvalue weighted by molar-refractivity contribution is 0.125. The van der Waals surface area contributed by atoms with Crippen molar-refractivity contribution in [1.29, 1.82) is 0 Å². The topological polar surface area (TPSA) is 38.7 Å². The lowest BCUT2D eigenvalue weighted by Crippen LogP contribution is -2.42. The van der Waals surface area contributed by atoms with E-state index in [4.69, 9.17) is 15.0 Å². The van der Waals surface area contributed by atoms with Gasteiger partial charge < -0.3 is 0 Å². The van der Waals surface area contributed by atoms with Crippen LogP contribution in [0.2, 0.25) is 0 Å². The van der Waals surface area contributed by atoms with Gasteiger partial charge in [0.2, 0.25) is 0 Å². The normalized spacial score (nSPS) is 16.5. The van der Waals surface area contributed by atoms with Gasteiger partial charge in [0.05, 0.1) is 0 Å². The van der Waals surface area contributed by atoms with E-state index in [-0.39, 0.29) is 16.2 Å². The maximum atomic E-state index is 4.94. The quantitative estimate of drug-likeness (QED) is 0.210. The predicted octanol–water partition coefficient (Wildman–Crippen LogP) is 9.90. The highest BCUT2D eigenvalue weighted by Gasteiger charge is 2.56. The molecule has 4 aromatic carbocycles. The van der Waals surface area contributed by atoms with Gasteiger partial charge in [-0.15, -0.1) is 0 Å². The van der Waals surface area contributed by atoms with Crippen molar-refractivity contribution < 1.29 is 0 Å². The molecule has 0 saturated carbocycles. The summed E-state index contributed by atoms with van der Waals surface area (Å²) in [6.07, 6.45) is 0. The molecule has 4 heteroatoms. The highest BCUT2D eigenvalue weighted by molar-refractivity contribution is 9.10. The smallest absolute Gasteiger partial charge is 0.164 e. The number of rotatable bonds is 4. The summed E-state index contributed by atoms with van der Waals surface area (Å²) < 4.78 is 1.11. The van der Waals surface area contributed by atoms with Gasteiger partial charge in [-0.2, -0.15) is 0 Å². The number of hydrogen-bond donors (Lipinski definition) is 0. The van der Waals surface area contributed by atoms with E-state index in [1.165, 1.54) is 16.7 Å². The van der Waals surface area contributed by atoms with Crippen LogP contribution < -0.4 is 0 Å². The minimum atomic E-state index is 0.0300. The van der Waals surface area contributed by atoms with Crippen molar-refractivity contribution in [2.75, 3.05) is 0 Å². The van der Waals surface area contributed by atoms with Gasteiger partial charge >= 0.3 is 0 Å². The van der Waals surface area contributed by atoms with Crippen molar-refractivity contribution in [3.05, 3.63) is 113 Å². The molecule has 0 spiro atoms. The molecule has 6 rings (SSSR count). The second-order valence-corrected chi connectivity index (χ2v) is 13.2. The van der Waals surface area contributed by atoms with Gasteiger partial charge in [-0.25, -0.2) is 15.0 Å². The highest BCUT2D eigenvalue weighted by Crippen LogP contribution is 2.62. The fraction of sp³-hybridized carbons (Fsp3) is 0.250. The Labute approximate surface area is 245 Å². The van der Waals surface area contributed by atoms with E-state index in [9.17, 15) is 0 Å². The molecule has 200 valence electrons. The summed E-state index contributed by atoms with van der Waals surface area (Å²) in [5.41, 5.74) is 8.24. The van der Waals surface area contributed by atoms with Crippen molar-refractivity contribution in [3.8, 4) is 45.3 Å². The highest BCUT2D eigenvalue weighted by atomic mass is 79.9. The zero-order valence-corrected chi connectivity index (χ0v) is 25.5. The zero-order chi connectivity index (χ0) is 28.3. The largest absolute Gasteiger partial charge is 0.208 e. The Morgan fingerprint density at radius 2 is 0.900 bits per heavy atom. The van der Waals surface area contributed by atoms with E-state index in [2.05, 4.69) is 93.9 Å². The standard InChI is InChI=1S/C36H34BrN3/c1-34(2)28-21-27(30(37)22-29(28)35(3,4)36(34,5)6)25-18-13-19-26(20-25)33-39-31(23-14-9-7-10-15-23)38-32(40-33)24-16-11-8-12-17-24/h7-22H,1-6H3. The molecule has 0 unspecified atom stereocenters. The maximum Gasteiger partial charge on any atom is 0.164 e. The van der Waals surface area contributed by atoms with E-state index in [1.54, 1.807) is 0 Å². The van der Waals surface area contributed by atoms with Gasteiger partial charge in [0, 0.05) is 21.2 Å². The van der Waals surface area contributed by atoms with Crippen LogP contribution in [0, 0.1) is 5.41 Å². The predicted molar refractivity (Wildman–Crippen MR) is 169 cm³/mol. The van der Waals surface area contributed by atoms with Gasteiger partial charge in [0.15, 0.2) is 17.5 Å². The number of fused-ring (bicyclic) bond motifs is 1. The molecule has 3 nitrogen and oxygen atoms in total. The Bertz CT molecular complexity index is 1660. The molecule has 0 saturated heterocycles. The second kappa shape index (κ2) is 9.49. The molecule has 1 heterocycles. The monoisotopic (exact) mass is 587 g/mol. The maximum absolute atomic E-state index is 4.94. The molecule has 0 bridgehead atoms. The Balaban J connectivity index is 1.50. The molecule has 0 amide bonds. The molecular formula is C36H34BrN3. The van der Waals surface area contributed by atoms with Gasteiger partial charge in [0.1, 0.15) is 0 Å². The third kappa shape index (κ3) is 4.12. The zero-order valence-electron chi connectivity index (χ0n) is 24.0. The van der Waals surface area contributed by atoms with Crippen molar-refractivity contribution in [3.63, 3.8) is 0 Å². The fourth-order valence-electron chi connectivity index (χ4n) is 6.05. The molecule has 40 heavy (non-hydrogen) atoms. The second-order valence-electron chi connectivity index (χ2n) is 12.4. The van der Waals surface area contributed by atoms with Crippen LogP contribution in [-0.2, 0) is 10.8 Å². The molecule has 5 aromatic rings. The average molecular weight is 589 g/mol. The summed E-state index contributed by atoms with van der Waals surface area (Å²) in [4.78, 5) is 14.7. The number of aromatic nitrogens is 3. The Morgan fingerprint density at radius 1 is 0.475 bits per heavy atom. The first kappa shape index (κ1) is 26.6. The van der Waals surface area contributed by atoms with Crippen molar-refractivity contribution >= 4 is 15.9 Å². The summed E-state index contributed by atoms with van der Waals surface area (Å²) in [7, 11) is 0. The van der Waals surface area contributed by atoms with Gasteiger partial charge in [-0.05, 0) is 56.7 Å². The van der Waals surface area contributed by atoms with Crippen LogP contribution in [0.4, 0.5) is 0 Å². The molecule has 0 fully saturated rings. The molecule has 0 aliphatic heterocycles. The lowest BCUT2D eigenvalue weighted by Gasteiger charge is -2.44. The molecule has 1 aliphatic rings. The number of nitrogens with zero attached hydrogens (tertiary/aromatic N) is 3. The molecule has 1 aromatic heterocycles. The first-order valence-corrected chi connectivity index (χ1v) is 14.6. The summed E-state index contributed by atoms with van der Waals surface area (Å²) in [5.74, 6) is 1.99. The molecule has 0 atom stereocenters. The fourth-order valence-corrected chi connectivity index (χ4v) is 6.62. The first-order chi connectivity index (χ1) is 19.0. The number of hydrogen-bond acceptors (Lipinski definition) is 3. The summed E-state index contributed by atoms with van der Waals surface area (Å²) in [5, 5.41) is 0.